The molecule has 0 radical (unpaired) electrons. The molecule has 6 heteroatoms. The van der Waals surface area contributed by atoms with Crippen LogP contribution >= 0.6 is 11.6 Å². The van der Waals surface area contributed by atoms with Gasteiger partial charge in [0.1, 0.15) is 23.1 Å². The fourth-order valence-corrected chi connectivity index (χ4v) is 5.92. The van der Waals surface area contributed by atoms with Gasteiger partial charge < -0.3 is 14.8 Å². The molecular weight excluding hydrogens is 460 g/mol. The molecule has 0 saturated carbocycles. The van der Waals surface area contributed by atoms with Gasteiger partial charge in [-0.15, -0.1) is 0 Å². The number of benzene rings is 2. The molecule has 2 aromatic carbocycles. The normalized spacial score (nSPS) is 19.5. The smallest absolute Gasteiger partial charge is 0.163 e. The Morgan fingerprint density at radius 1 is 1.17 bits per heavy atom. The molecule has 1 N–H and O–H groups in total. The highest BCUT2D eigenvalue weighted by Gasteiger charge is 2.38. The van der Waals surface area contributed by atoms with Gasteiger partial charge in [-0.1, -0.05) is 29.8 Å². The van der Waals surface area contributed by atoms with Gasteiger partial charge in [-0.2, -0.15) is 5.26 Å². The molecule has 35 heavy (non-hydrogen) atoms. The number of ether oxygens (including phenoxy) is 2. The molecule has 5 nitrogen and oxygen atoms in total. The molecule has 2 heterocycles. The first-order chi connectivity index (χ1) is 16.6. The molecule has 0 aliphatic carbocycles. The quantitative estimate of drug-likeness (QED) is 0.442. The fourth-order valence-electron chi connectivity index (χ4n) is 5.70. The van der Waals surface area contributed by atoms with E-state index in [0.717, 1.165) is 30.4 Å². The Morgan fingerprint density at radius 2 is 1.91 bits per heavy atom. The molecule has 0 unspecified atom stereocenters. The van der Waals surface area contributed by atoms with Crippen LogP contribution in [0, 0.1) is 17.2 Å². The lowest BCUT2D eigenvalue weighted by molar-refractivity contribution is 0.0864. The lowest BCUT2D eigenvalue weighted by Crippen LogP contribution is -2.57. The number of carbonyl (C=O) groups excluding carboxylic acids is 1. The predicted octanol–water partition coefficient (Wildman–Crippen LogP) is 6.94. The number of Topliss-reactive ketones (excluding diaryl/α,β-unsaturated/α-hetero) is 1. The molecule has 2 aromatic rings. The van der Waals surface area contributed by atoms with E-state index in [4.69, 9.17) is 21.1 Å². The summed E-state index contributed by atoms with van der Waals surface area (Å²) in [5.74, 6) is 1.26. The van der Waals surface area contributed by atoms with Crippen LogP contribution in [-0.4, -0.2) is 30.1 Å². The molecule has 2 aliphatic heterocycles. The zero-order valence-corrected chi connectivity index (χ0v) is 21.7. The fraction of sp³-hybridized carbons (Fsp3) is 0.448. The van der Waals surface area contributed by atoms with Crippen molar-refractivity contribution in [3.63, 3.8) is 0 Å². The third-order valence-electron chi connectivity index (χ3n) is 6.67. The number of rotatable bonds is 6. The molecule has 0 aromatic heterocycles. The molecule has 1 saturated heterocycles. The van der Waals surface area contributed by atoms with Gasteiger partial charge in [0.05, 0.1) is 18.2 Å². The zero-order valence-electron chi connectivity index (χ0n) is 20.9. The standard InChI is InChI=1S/C29H33ClN2O3/c1-28(2)16-19(17-29(3,4)32-28)14-25(33)21-8-9-27(24(30)15-21)35-26-7-5-6-22(23(26)18-31)20-10-12-34-13-11-20/h5-10,15,19,32H,11-14,16-17H2,1-4H3. The van der Waals surface area contributed by atoms with Crippen LogP contribution in [0.4, 0.5) is 0 Å². The van der Waals surface area contributed by atoms with Gasteiger partial charge in [0, 0.05) is 23.1 Å². The molecule has 0 amide bonds. The summed E-state index contributed by atoms with van der Waals surface area (Å²) in [5, 5.41) is 13.9. The van der Waals surface area contributed by atoms with Crippen LogP contribution in [0.5, 0.6) is 11.5 Å². The number of piperidine rings is 1. The second-order valence-corrected chi connectivity index (χ2v) is 11.3. The lowest BCUT2D eigenvalue weighted by Gasteiger charge is -2.46. The van der Waals surface area contributed by atoms with Crippen LogP contribution in [0.3, 0.4) is 0 Å². The van der Waals surface area contributed by atoms with E-state index < -0.39 is 0 Å². The second-order valence-electron chi connectivity index (χ2n) is 10.9. The highest BCUT2D eigenvalue weighted by Crippen LogP contribution is 2.38. The van der Waals surface area contributed by atoms with Gasteiger partial charge in [0.2, 0.25) is 0 Å². The number of halogens is 1. The maximum absolute atomic E-state index is 13.1. The van der Waals surface area contributed by atoms with E-state index in [0.29, 0.717) is 53.2 Å². The Morgan fingerprint density at radius 3 is 2.54 bits per heavy atom. The monoisotopic (exact) mass is 492 g/mol. The first-order valence-corrected chi connectivity index (χ1v) is 12.5. The summed E-state index contributed by atoms with van der Waals surface area (Å²) < 4.78 is 11.5. The van der Waals surface area contributed by atoms with E-state index in [1.165, 1.54) is 0 Å². The van der Waals surface area contributed by atoms with Gasteiger partial charge >= 0.3 is 0 Å². The zero-order chi connectivity index (χ0) is 25.2. The number of nitrogens with zero attached hydrogens (tertiary/aromatic N) is 1. The van der Waals surface area contributed by atoms with Crippen molar-refractivity contribution >= 4 is 23.0 Å². The van der Waals surface area contributed by atoms with Gasteiger partial charge in [-0.05, 0) is 88.3 Å². The summed E-state index contributed by atoms with van der Waals surface area (Å²) in [6, 6.07) is 13.0. The minimum Gasteiger partial charge on any atom is -0.454 e. The average Bonchev–Trinajstić information content (AvgIpc) is 2.78. The highest BCUT2D eigenvalue weighted by atomic mass is 35.5. The second kappa shape index (κ2) is 10.1. The van der Waals surface area contributed by atoms with Crippen molar-refractivity contribution in [2.24, 2.45) is 5.92 Å². The number of nitrogens with one attached hydrogen (secondary N) is 1. The first-order valence-electron chi connectivity index (χ1n) is 12.2. The van der Waals surface area contributed by atoms with Crippen LogP contribution in [-0.2, 0) is 4.74 Å². The van der Waals surface area contributed by atoms with Crippen LogP contribution in [0.1, 0.15) is 74.9 Å². The van der Waals surface area contributed by atoms with Crippen molar-refractivity contribution < 1.29 is 14.3 Å². The van der Waals surface area contributed by atoms with E-state index in [1.807, 2.05) is 18.2 Å². The topological polar surface area (TPSA) is 71.3 Å². The van der Waals surface area contributed by atoms with E-state index in [2.05, 4.69) is 39.1 Å². The van der Waals surface area contributed by atoms with Crippen molar-refractivity contribution in [2.75, 3.05) is 13.2 Å². The Hall–Kier alpha value is -2.65. The van der Waals surface area contributed by atoms with Crippen molar-refractivity contribution in [1.82, 2.24) is 5.32 Å². The van der Waals surface area contributed by atoms with Crippen molar-refractivity contribution in [3.05, 3.63) is 64.2 Å². The van der Waals surface area contributed by atoms with Crippen molar-refractivity contribution in [1.29, 1.82) is 5.26 Å². The Bertz CT molecular complexity index is 1180. The van der Waals surface area contributed by atoms with E-state index in [1.54, 1.807) is 24.3 Å². The molecule has 2 aliphatic rings. The molecular formula is C29H33ClN2O3. The minimum absolute atomic E-state index is 0.00425. The maximum Gasteiger partial charge on any atom is 0.163 e. The molecule has 184 valence electrons. The van der Waals surface area contributed by atoms with E-state index in [-0.39, 0.29) is 16.9 Å². The summed E-state index contributed by atoms with van der Waals surface area (Å²) in [6.45, 7) is 9.94. The van der Waals surface area contributed by atoms with Crippen molar-refractivity contribution in [3.8, 4) is 17.6 Å². The van der Waals surface area contributed by atoms with Crippen LogP contribution in [0.2, 0.25) is 5.02 Å². The maximum atomic E-state index is 13.1. The SMILES string of the molecule is CC1(C)CC(CC(=O)c2ccc(Oc3cccc(C4=CCOCC4)c3C#N)c(Cl)c2)CC(C)(C)N1. The Balaban J connectivity index is 1.51. The van der Waals surface area contributed by atoms with Gasteiger partial charge in [0.15, 0.2) is 5.78 Å². The number of carbonyl (C=O) groups is 1. The molecule has 0 atom stereocenters. The Kier molecular flexibility index (Phi) is 7.38. The molecule has 4 rings (SSSR count). The lowest BCUT2D eigenvalue weighted by atomic mass is 9.74. The summed E-state index contributed by atoms with van der Waals surface area (Å²) in [4.78, 5) is 13.1. The molecule has 1 fully saturated rings. The van der Waals surface area contributed by atoms with Gasteiger partial charge in [-0.3, -0.25) is 4.79 Å². The predicted molar refractivity (Wildman–Crippen MR) is 139 cm³/mol. The average molecular weight is 493 g/mol. The first kappa shape index (κ1) is 25.4. The minimum atomic E-state index is -0.00425. The van der Waals surface area contributed by atoms with Crippen LogP contribution in [0.25, 0.3) is 5.57 Å². The van der Waals surface area contributed by atoms with Crippen LogP contribution < -0.4 is 10.1 Å². The van der Waals surface area contributed by atoms with E-state index >= 15 is 0 Å². The molecule has 0 spiro atoms. The summed E-state index contributed by atoms with van der Waals surface area (Å²) in [5.41, 5.74) is 2.97. The molecule has 0 bridgehead atoms. The van der Waals surface area contributed by atoms with Crippen LogP contribution in [0.15, 0.2) is 42.5 Å². The number of hydrogen-bond donors (Lipinski definition) is 1. The highest BCUT2D eigenvalue weighted by molar-refractivity contribution is 6.32. The summed E-state index contributed by atoms with van der Waals surface area (Å²) >= 11 is 6.54. The number of nitriles is 1. The number of hydrogen-bond acceptors (Lipinski definition) is 5. The van der Waals surface area contributed by atoms with Crippen molar-refractivity contribution in [2.45, 2.75) is 64.5 Å². The largest absolute Gasteiger partial charge is 0.454 e. The third-order valence-corrected chi connectivity index (χ3v) is 6.97. The Labute approximate surface area is 213 Å². The summed E-state index contributed by atoms with van der Waals surface area (Å²) in [6.07, 6.45) is 5.15. The summed E-state index contributed by atoms with van der Waals surface area (Å²) in [7, 11) is 0. The van der Waals surface area contributed by atoms with Gasteiger partial charge in [0.25, 0.3) is 0 Å². The third kappa shape index (κ3) is 6.13. The van der Waals surface area contributed by atoms with Gasteiger partial charge in [-0.25, -0.2) is 0 Å². The number of ketones is 1. The van der Waals surface area contributed by atoms with E-state index in [9.17, 15) is 10.1 Å².